The van der Waals surface area contributed by atoms with Crippen molar-refractivity contribution in [3.63, 3.8) is 0 Å². The van der Waals surface area contributed by atoms with E-state index in [0.29, 0.717) is 9.23 Å². The van der Waals surface area contributed by atoms with Gasteiger partial charge in [-0.2, -0.15) is 0 Å². The standard InChI is InChI=1S/C13H10BrNOS2/c1-15-12(16)11(18-13(15)17)8-10(14)7-9-5-3-2-4-6-9/h2-8H,1H3. The molecule has 1 aliphatic heterocycles. The zero-order valence-corrected chi connectivity index (χ0v) is 12.8. The summed E-state index contributed by atoms with van der Waals surface area (Å²) in [6.45, 7) is 0. The maximum absolute atomic E-state index is 11.8. The smallest absolute Gasteiger partial charge is 0.265 e. The Morgan fingerprint density at radius 3 is 2.61 bits per heavy atom. The summed E-state index contributed by atoms with van der Waals surface area (Å²) in [4.78, 5) is 13.9. The van der Waals surface area contributed by atoms with E-state index in [9.17, 15) is 4.79 Å². The van der Waals surface area contributed by atoms with Crippen molar-refractivity contribution in [3.05, 3.63) is 51.4 Å². The molecule has 5 heteroatoms. The van der Waals surface area contributed by atoms with E-state index >= 15 is 0 Å². The number of likely N-dealkylation sites (N-methyl/N-ethyl adjacent to an activating group) is 1. The highest BCUT2D eigenvalue weighted by atomic mass is 79.9. The van der Waals surface area contributed by atoms with Crippen LogP contribution >= 0.6 is 39.9 Å². The molecule has 1 aromatic carbocycles. The minimum absolute atomic E-state index is 0.0524. The van der Waals surface area contributed by atoms with Crippen molar-refractivity contribution in [2.45, 2.75) is 0 Å². The fourth-order valence-corrected chi connectivity index (χ4v) is 3.24. The van der Waals surface area contributed by atoms with Gasteiger partial charge in [-0.25, -0.2) is 0 Å². The van der Waals surface area contributed by atoms with E-state index < -0.39 is 0 Å². The van der Waals surface area contributed by atoms with Crippen molar-refractivity contribution in [2.24, 2.45) is 0 Å². The van der Waals surface area contributed by atoms with Gasteiger partial charge in [0.1, 0.15) is 4.32 Å². The number of thiocarbonyl (C=S) groups is 1. The van der Waals surface area contributed by atoms with E-state index in [2.05, 4.69) is 15.9 Å². The molecule has 0 aliphatic carbocycles. The molecule has 0 atom stereocenters. The molecule has 0 N–H and O–H groups in total. The van der Waals surface area contributed by atoms with Crippen LogP contribution in [-0.2, 0) is 4.79 Å². The molecule has 92 valence electrons. The summed E-state index contributed by atoms with van der Waals surface area (Å²) in [6, 6.07) is 9.91. The maximum Gasteiger partial charge on any atom is 0.265 e. The second-order valence-electron chi connectivity index (χ2n) is 3.68. The van der Waals surface area contributed by atoms with Gasteiger partial charge in [-0.15, -0.1) is 0 Å². The molecule has 1 saturated heterocycles. The Labute approximate surface area is 124 Å². The molecular formula is C13H10BrNOS2. The van der Waals surface area contributed by atoms with Gasteiger partial charge in [0.2, 0.25) is 0 Å². The van der Waals surface area contributed by atoms with Crippen LogP contribution in [0.4, 0.5) is 0 Å². The molecule has 0 unspecified atom stereocenters. The first-order chi connectivity index (χ1) is 8.58. The average molecular weight is 340 g/mol. The van der Waals surface area contributed by atoms with E-state index in [1.54, 1.807) is 13.1 Å². The number of amides is 1. The molecule has 0 aromatic heterocycles. The van der Waals surface area contributed by atoms with Crippen molar-refractivity contribution < 1.29 is 4.79 Å². The number of hydrogen-bond donors (Lipinski definition) is 0. The molecule has 2 nitrogen and oxygen atoms in total. The van der Waals surface area contributed by atoms with Crippen LogP contribution in [0, 0.1) is 0 Å². The summed E-state index contributed by atoms with van der Waals surface area (Å²) >= 11 is 9.84. The first-order valence-corrected chi connectivity index (χ1v) is 7.23. The number of benzene rings is 1. The zero-order chi connectivity index (χ0) is 13.1. The van der Waals surface area contributed by atoms with Crippen LogP contribution in [0.3, 0.4) is 0 Å². The van der Waals surface area contributed by atoms with Gasteiger partial charge in [0, 0.05) is 11.5 Å². The molecule has 1 fully saturated rings. The summed E-state index contributed by atoms with van der Waals surface area (Å²) < 4.78 is 1.44. The Kier molecular flexibility index (Phi) is 4.37. The fraction of sp³-hybridized carbons (Fsp3) is 0.0769. The molecule has 2 rings (SSSR count). The van der Waals surface area contributed by atoms with Crippen LogP contribution in [0.25, 0.3) is 6.08 Å². The molecule has 18 heavy (non-hydrogen) atoms. The molecule has 0 spiro atoms. The number of nitrogens with zero attached hydrogens (tertiary/aromatic N) is 1. The van der Waals surface area contributed by atoms with E-state index in [1.807, 2.05) is 36.4 Å². The van der Waals surface area contributed by atoms with E-state index in [1.165, 1.54) is 16.7 Å². The van der Waals surface area contributed by atoms with Crippen LogP contribution < -0.4 is 0 Å². The second kappa shape index (κ2) is 5.82. The van der Waals surface area contributed by atoms with Crippen LogP contribution in [0.1, 0.15) is 5.56 Å². The predicted molar refractivity (Wildman–Crippen MR) is 84.4 cm³/mol. The van der Waals surface area contributed by atoms with E-state index in [-0.39, 0.29) is 5.91 Å². The van der Waals surface area contributed by atoms with Crippen molar-refractivity contribution >= 4 is 56.2 Å². The summed E-state index contributed by atoms with van der Waals surface area (Å²) in [7, 11) is 1.69. The van der Waals surface area contributed by atoms with Gasteiger partial charge in [-0.05, 0) is 17.7 Å². The monoisotopic (exact) mass is 339 g/mol. The summed E-state index contributed by atoms with van der Waals surface area (Å²) in [5, 5.41) is 0. The third-order valence-corrected chi connectivity index (χ3v) is 4.30. The van der Waals surface area contributed by atoms with Gasteiger partial charge in [0.15, 0.2) is 0 Å². The number of thioether (sulfide) groups is 1. The van der Waals surface area contributed by atoms with Crippen molar-refractivity contribution in [2.75, 3.05) is 7.05 Å². The highest BCUT2D eigenvalue weighted by molar-refractivity contribution is 9.12. The highest BCUT2D eigenvalue weighted by Crippen LogP contribution is 2.31. The molecule has 1 aromatic rings. The third kappa shape index (κ3) is 3.10. The van der Waals surface area contributed by atoms with Crippen LogP contribution in [-0.4, -0.2) is 22.2 Å². The molecule has 1 aliphatic rings. The third-order valence-electron chi connectivity index (χ3n) is 2.36. The van der Waals surface area contributed by atoms with Crippen LogP contribution in [0.2, 0.25) is 0 Å². The Hall–Kier alpha value is -0.910. The van der Waals surface area contributed by atoms with Gasteiger partial charge in [0.05, 0.1) is 4.91 Å². The molecular weight excluding hydrogens is 330 g/mol. The lowest BCUT2D eigenvalue weighted by molar-refractivity contribution is -0.121. The van der Waals surface area contributed by atoms with E-state index in [0.717, 1.165) is 10.0 Å². The Bertz CT molecular complexity index is 551. The van der Waals surface area contributed by atoms with Crippen molar-refractivity contribution in [1.29, 1.82) is 0 Å². The topological polar surface area (TPSA) is 20.3 Å². The van der Waals surface area contributed by atoms with Gasteiger partial charge < -0.3 is 0 Å². The average Bonchev–Trinajstić information content (AvgIpc) is 2.58. The molecule has 1 heterocycles. The summed E-state index contributed by atoms with van der Waals surface area (Å²) in [6.07, 6.45) is 3.76. The molecule has 0 saturated carbocycles. The fourth-order valence-electron chi connectivity index (χ4n) is 1.42. The Morgan fingerprint density at radius 1 is 1.39 bits per heavy atom. The van der Waals surface area contributed by atoms with Gasteiger partial charge in [-0.3, -0.25) is 9.69 Å². The largest absolute Gasteiger partial charge is 0.296 e. The number of hydrogen-bond acceptors (Lipinski definition) is 3. The van der Waals surface area contributed by atoms with Gasteiger partial charge >= 0.3 is 0 Å². The molecule has 0 radical (unpaired) electrons. The Morgan fingerprint density at radius 2 is 2.06 bits per heavy atom. The van der Waals surface area contributed by atoms with Crippen LogP contribution in [0.5, 0.6) is 0 Å². The SMILES string of the molecule is CN1C(=O)C(=CC(Br)=Cc2ccccc2)SC1=S. The first-order valence-electron chi connectivity index (χ1n) is 5.22. The molecule has 1 amide bonds. The first kappa shape index (κ1) is 13.5. The minimum Gasteiger partial charge on any atom is -0.296 e. The maximum atomic E-state index is 11.8. The van der Waals surface area contributed by atoms with E-state index in [4.69, 9.17) is 12.2 Å². The van der Waals surface area contributed by atoms with Crippen LogP contribution in [0.15, 0.2) is 45.8 Å². The number of carbonyl (C=O) groups is 1. The predicted octanol–water partition coefficient (Wildman–Crippen LogP) is 3.80. The summed E-state index contributed by atoms with van der Waals surface area (Å²) in [5.41, 5.74) is 1.08. The minimum atomic E-state index is -0.0524. The normalized spacial score (nSPS) is 18.9. The molecule has 0 bridgehead atoms. The second-order valence-corrected chi connectivity index (χ2v) is 6.27. The number of rotatable bonds is 2. The lowest BCUT2D eigenvalue weighted by Crippen LogP contribution is -2.22. The quantitative estimate of drug-likeness (QED) is 0.603. The van der Waals surface area contributed by atoms with Gasteiger partial charge in [0.25, 0.3) is 5.91 Å². The Balaban J connectivity index is 2.22. The van der Waals surface area contributed by atoms with Crippen molar-refractivity contribution in [1.82, 2.24) is 4.90 Å². The lowest BCUT2D eigenvalue weighted by Gasteiger charge is -2.03. The van der Waals surface area contributed by atoms with Crippen molar-refractivity contribution in [3.8, 4) is 0 Å². The highest BCUT2D eigenvalue weighted by Gasteiger charge is 2.28. The van der Waals surface area contributed by atoms with Gasteiger partial charge in [-0.1, -0.05) is 70.2 Å². The number of carbonyl (C=O) groups excluding carboxylic acids is 1. The number of allylic oxidation sites excluding steroid dienone is 2. The lowest BCUT2D eigenvalue weighted by atomic mass is 10.2. The zero-order valence-electron chi connectivity index (χ0n) is 9.59. The number of halogens is 1. The summed E-state index contributed by atoms with van der Waals surface area (Å²) in [5.74, 6) is -0.0524.